The molecule has 0 radical (unpaired) electrons. The number of hydrogen-bond donors (Lipinski definition) is 1. The number of nitrogens with zero attached hydrogens (tertiary/aromatic N) is 2. The van der Waals surface area contributed by atoms with E-state index in [-0.39, 0.29) is 4.90 Å². The summed E-state index contributed by atoms with van der Waals surface area (Å²) in [5.41, 5.74) is 1.03. The van der Waals surface area contributed by atoms with Gasteiger partial charge in [-0.2, -0.15) is 0 Å². The predicted octanol–water partition coefficient (Wildman–Crippen LogP) is 4.24. The molecule has 1 aliphatic carbocycles. The lowest BCUT2D eigenvalue weighted by molar-refractivity contribution is 0.506. The molecule has 1 N–H and O–H groups in total. The Morgan fingerprint density at radius 2 is 1.79 bits per heavy atom. The van der Waals surface area contributed by atoms with Crippen LogP contribution >= 0.6 is 0 Å². The minimum Gasteiger partial charge on any atom is -0.359 e. The molecule has 3 aromatic rings. The van der Waals surface area contributed by atoms with Crippen molar-refractivity contribution in [2.45, 2.75) is 29.7 Å². The van der Waals surface area contributed by atoms with Gasteiger partial charge in [0.1, 0.15) is 11.6 Å². The van der Waals surface area contributed by atoms with E-state index in [0.717, 1.165) is 37.1 Å². The van der Waals surface area contributed by atoms with Crippen LogP contribution in [-0.4, -0.2) is 24.6 Å². The minimum absolute atomic E-state index is 0.144. The molecule has 1 fully saturated rings. The van der Waals surface area contributed by atoms with Crippen LogP contribution in [0, 0.1) is 11.6 Å². The third-order valence-electron chi connectivity index (χ3n) is 4.81. The van der Waals surface area contributed by atoms with Crippen LogP contribution in [0.15, 0.2) is 59.6 Å². The van der Waals surface area contributed by atoms with Crippen molar-refractivity contribution in [3.63, 3.8) is 0 Å². The van der Waals surface area contributed by atoms with Gasteiger partial charge in [-0.1, -0.05) is 18.2 Å². The Morgan fingerprint density at radius 3 is 2.48 bits per heavy atom. The zero-order valence-corrected chi connectivity index (χ0v) is 16.5. The zero-order valence-electron chi connectivity index (χ0n) is 15.6. The summed E-state index contributed by atoms with van der Waals surface area (Å²) in [4.78, 5) is 8.96. The van der Waals surface area contributed by atoms with Crippen LogP contribution in [0.2, 0.25) is 0 Å². The first-order valence-electron chi connectivity index (χ1n) is 9.16. The monoisotopic (exact) mass is 415 g/mol. The maximum Gasteiger partial charge on any atom is 0.175 e. The fourth-order valence-electron chi connectivity index (χ4n) is 3.12. The van der Waals surface area contributed by atoms with Gasteiger partial charge >= 0.3 is 0 Å². The first-order valence-corrected chi connectivity index (χ1v) is 11.0. The van der Waals surface area contributed by atoms with Crippen LogP contribution in [0.4, 0.5) is 14.6 Å². The summed E-state index contributed by atoms with van der Waals surface area (Å²) in [5, 5.41) is 3.22. The van der Waals surface area contributed by atoms with Crippen LogP contribution in [0.1, 0.15) is 41.8 Å². The molecule has 1 aliphatic rings. The summed E-state index contributed by atoms with van der Waals surface area (Å²) in [6.45, 7) is 0. The highest BCUT2D eigenvalue weighted by Crippen LogP contribution is 2.38. The summed E-state index contributed by atoms with van der Waals surface area (Å²) < 4.78 is 51.3. The molecule has 1 saturated carbocycles. The van der Waals surface area contributed by atoms with E-state index in [1.54, 1.807) is 24.4 Å². The third kappa shape index (κ3) is 4.42. The van der Waals surface area contributed by atoms with Crippen molar-refractivity contribution in [3.8, 4) is 0 Å². The lowest BCUT2D eigenvalue weighted by atomic mass is 9.98. The number of benzene rings is 2. The molecule has 5 nitrogen and oxygen atoms in total. The second kappa shape index (κ2) is 7.51. The fraction of sp³-hybridized carbons (Fsp3) is 0.238. The molecular formula is C21H19F2N3O2S. The summed E-state index contributed by atoms with van der Waals surface area (Å²) in [7, 11) is -3.43. The molecule has 29 heavy (non-hydrogen) atoms. The van der Waals surface area contributed by atoms with E-state index in [1.807, 2.05) is 0 Å². The van der Waals surface area contributed by atoms with Gasteiger partial charge in [0.15, 0.2) is 21.5 Å². The molecule has 1 unspecified atom stereocenters. The minimum atomic E-state index is -3.43. The highest BCUT2D eigenvalue weighted by Gasteiger charge is 2.27. The molecule has 4 rings (SSSR count). The molecule has 8 heteroatoms. The largest absolute Gasteiger partial charge is 0.359 e. The lowest BCUT2D eigenvalue weighted by Crippen LogP contribution is -2.15. The second-order valence-corrected chi connectivity index (χ2v) is 9.19. The van der Waals surface area contributed by atoms with Crippen molar-refractivity contribution in [1.82, 2.24) is 9.97 Å². The van der Waals surface area contributed by atoms with Gasteiger partial charge in [-0.15, -0.1) is 0 Å². The third-order valence-corrected chi connectivity index (χ3v) is 5.92. The first-order chi connectivity index (χ1) is 13.8. The fourth-order valence-corrected chi connectivity index (χ4v) is 3.79. The SMILES string of the molecule is CS(=O)(=O)c1cccc(C(Nc2ccnc(C3CC3)n2)c2ccc(F)c(F)c2)c1. The molecule has 1 aromatic heterocycles. The number of halogens is 2. The Kier molecular flexibility index (Phi) is 5.04. The van der Waals surface area contributed by atoms with Crippen molar-refractivity contribution in [1.29, 1.82) is 0 Å². The average molecular weight is 415 g/mol. The Balaban J connectivity index is 1.77. The maximum absolute atomic E-state index is 13.9. The summed E-state index contributed by atoms with van der Waals surface area (Å²) in [5.74, 6) is -0.303. The van der Waals surface area contributed by atoms with E-state index in [9.17, 15) is 17.2 Å². The van der Waals surface area contributed by atoms with Crippen LogP contribution in [0.3, 0.4) is 0 Å². The molecule has 150 valence electrons. The summed E-state index contributed by atoms with van der Waals surface area (Å²) >= 11 is 0. The van der Waals surface area contributed by atoms with Gasteiger partial charge in [-0.25, -0.2) is 27.2 Å². The number of hydrogen-bond acceptors (Lipinski definition) is 5. The van der Waals surface area contributed by atoms with Crippen LogP contribution in [0.25, 0.3) is 0 Å². The Bertz CT molecular complexity index is 1160. The number of nitrogens with one attached hydrogen (secondary N) is 1. The quantitative estimate of drug-likeness (QED) is 0.652. The van der Waals surface area contributed by atoms with Crippen molar-refractivity contribution in [2.75, 3.05) is 11.6 Å². The van der Waals surface area contributed by atoms with Crippen molar-refractivity contribution < 1.29 is 17.2 Å². The zero-order chi connectivity index (χ0) is 20.6. The Hall–Kier alpha value is -2.87. The molecule has 0 spiro atoms. The molecule has 0 amide bonds. The summed E-state index contributed by atoms with van der Waals surface area (Å²) in [6.07, 6.45) is 4.87. The highest BCUT2D eigenvalue weighted by molar-refractivity contribution is 7.90. The molecule has 0 aliphatic heterocycles. The molecule has 0 saturated heterocycles. The smallest absolute Gasteiger partial charge is 0.175 e. The van der Waals surface area contributed by atoms with Gasteiger partial charge in [0.2, 0.25) is 0 Å². The lowest BCUT2D eigenvalue weighted by Gasteiger charge is -2.21. The maximum atomic E-state index is 13.9. The van der Waals surface area contributed by atoms with Crippen LogP contribution in [-0.2, 0) is 9.84 Å². The number of aromatic nitrogens is 2. The number of sulfone groups is 1. The topological polar surface area (TPSA) is 72.0 Å². The van der Waals surface area contributed by atoms with E-state index in [0.29, 0.717) is 22.9 Å². The standard InChI is InChI=1S/C21H19F2N3O2S/c1-29(27,28)16-4-2-3-14(11-16)20(15-7-8-17(22)18(23)12-15)25-19-9-10-24-21(26-19)13-5-6-13/h2-4,7-13,20H,5-6H2,1H3,(H,24,25,26). The normalized spacial score (nSPS) is 15.1. The molecular weight excluding hydrogens is 396 g/mol. The molecule has 2 aromatic carbocycles. The second-order valence-electron chi connectivity index (χ2n) is 7.17. The molecule has 1 heterocycles. The predicted molar refractivity (Wildman–Crippen MR) is 105 cm³/mol. The Morgan fingerprint density at radius 1 is 1.03 bits per heavy atom. The van der Waals surface area contributed by atoms with Crippen LogP contribution < -0.4 is 5.32 Å². The van der Waals surface area contributed by atoms with Crippen molar-refractivity contribution in [2.24, 2.45) is 0 Å². The van der Waals surface area contributed by atoms with Gasteiger partial charge in [-0.3, -0.25) is 0 Å². The van der Waals surface area contributed by atoms with Gasteiger partial charge in [0.25, 0.3) is 0 Å². The van der Waals surface area contributed by atoms with Crippen LogP contribution in [0.5, 0.6) is 0 Å². The van der Waals surface area contributed by atoms with Gasteiger partial charge in [0.05, 0.1) is 10.9 Å². The highest BCUT2D eigenvalue weighted by atomic mass is 32.2. The van der Waals surface area contributed by atoms with Gasteiger partial charge in [0, 0.05) is 18.4 Å². The van der Waals surface area contributed by atoms with E-state index in [4.69, 9.17) is 0 Å². The van der Waals surface area contributed by atoms with E-state index in [2.05, 4.69) is 15.3 Å². The summed E-state index contributed by atoms with van der Waals surface area (Å²) in [6, 6.07) is 11.1. The molecule has 0 bridgehead atoms. The van der Waals surface area contributed by atoms with E-state index in [1.165, 1.54) is 18.2 Å². The number of anilines is 1. The van der Waals surface area contributed by atoms with E-state index < -0.39 is 27.5 Å². The van der Waals surface area contributed by atoms with Gasteiger partial charge in [-0.05, 0) is 54.3 Å². The Labute approximate surface area is 167 Å². The van der Waals surface area contributed by atoms with Crippen molar-refractivity contribution in [3.05, 3.63) is 83.3 Å². The molecule has 1 atom stereocenters. The van der Waals surface area contributed by atoms with E-state index >= 15 is 0 Å². The van der Waals surface area contributed by atoms with Gasteiger partial charge < -0.3 is 5.32 Å². The average Bonchev–Trinajstić information content (AvgIpc) is 3.53. The number of rotatable bonds is 6. The van der Waals surface area contributed by atoms with Crippen molar-refractivity contribution >= 4 is 15.7 Å². The first kappa shape index (κ1) is 19.4.